The van der Waals surface area contributed by atoms with Crippen molar-refractivity contribution in [2.75, 3.05) is 25.6 Å². The minimum absolute atomic E-state index is 0.000426. The summed E-state index contributed by atoms with van der Waals surface area (Å²) in [6.45, 7) is 1.92. The molecule has 1 unspecified atom stereocenters. The fourth-order valence-electron chi connectivity index (χ4n) is 4.52. The van der Waals surface area contributed by atoms with Gasteiger partial charge >= 0.3 is 0 Å². The maximum absolute atomic E-state index is 13.1. The van der Waals surface area contributed by atoms with Gasteiger partial charge in [-0.1, -0.05) is 24.6 Å². The lowest BCUT2D eigenvalue weighted by atomic mass is 9.84. The number of nitrogens with zero attached hydrogens (tertiary/aromatic N) is 2. The summed E-state index contributed by atoms with van der Waals surface area (Å²) in [6.07, 6.45) is 3.54. The van der Waals surface area contributed by atoms with E-state index in [2.05, 4.69) is 5.32 Å². The van der Waals surface area contributed by atoms with E-state index in [1.807, 2.05) is 30.0 Å². The number of benzene rings is 2. The molecule has 0 saturated heterocycles. The summed E-state index contributed by atoms with van der Waals surface area (Å²) in [5.74, 6) is 0.458. The second kappa shape index (κ2) is 9.76. The van der Waals surface area contributed by atoms with E-state index in [0.29, 0.717) is 12.2 Å². The molecule has 0 spiro atoms. The summed E-state index contributed by atoms with van der Waals surface area (Å²) in [5, 5.41) is 2.75. The Morgan fingerprint density at radius 3 is 2.59 bits per heavy atom. The molecule has 8 nitrogen and oxygen atoms in total. The number of para-hydroxylation sites is 1. The highest BCUT2D eigenvalue weighted by molar-refractivity contribution is 7.89. The zero-order valence-corrected chi connectivity index (χ0v) is 20.6. The van der Waals surface area contributed by atoms with Crippen molar-refractivity contribution in [1.29, 1.82) is 0 Å². The number of rotatable bonds is 8. The molecule has 2 aromatic carbocycles. The van der Waals surface area contributed by atoms with Gasteiger partial charge in [0.15, 0.2) is 0 Å². The number of ether oxygens (including phenoxy) is 1. The van der Waals surface area contributed by atoms with Crippen LogP contribution in [0.5, 0.6) is 5.75 Å². The highest BCUT2D eigenvalue weighted by Crippen LogP contribution is 2.38. The fraction of sp³-hybridized carbons (Fsp3) is 0.440. The number of likely N-dealkylation sites (N-methyl/N-ethyl adjacent to an activating group) is 1. The van der Waals surface area contributed by atoms with Gasteiger partial charge in [0.1, 0.15) is 5.75 Å². The topological polar surface area (TPSA) is 96.0 Å². The van der Waals surface area contributed by atoms with Gasteiger partial charge in [-0.2, -0.15) is 4.31 Å². The summed E-state index contributed by atoms with van der Waals surface area (Å²) < 4.78 is 32.6. The first kappa shape index (κ1) is 24.2. The van der Waals surface area contributed by atoms with Crippen molar-refractivity contribution < 1.29 is 22.7 Å². The van der Waals surface area contributed by atoms with Crippen LogP contribution in [-0.2, 0) is 32.6 Å². The molecule has 2 aliphatic rings. The number of fused-ring (bicyclic) bond motifs is 1. The molecule has 2 amide bonds. The van der Waals surface area contributed by atoms with Gasteiger partial charge in [-0.05, 0) is 56.0 Å². The van der Waals surface area contributed by atoms with Gasteiger partial charge < -0.3 is 15.0 Å². The Bertz CT molecular complexity index is 1190. The number of carbonyl (C=O) groups excluding carboxylic acids is 2. The highest BCUT2D eigenvalue weighted by Gasteiger charge is 2.37. The van der Waals surface area contributed by atoms with Crippen LogP contribution < -0.4 is 15.0 Å². The van der Waals surface area contributed by atoms with Crippen molar-refractivity contribution in [1.82, 2.24) is 9.62 Å². The number of anilines is 1. The number of sulfonamides is 1. The molecule has 182 valence electrons. The van der Waals surface area contributed by atoms with E-state index in [-0.39, 0.29) is 35.9 Å². The molecule has 2 aromatic rings. The van der Waals surface area contributed by atoms with Crippen molar-refractivity contribution in [3.05, 3.63) is 53.6 Å². The second-order valence-corrected chi connectivity index (χ2v) is 11.1. The van der Waals surface area contributed by atoms with Crippen LogP contribution in [0.25, 0.3) is 0 Å². The first-order chi connectivity index (χ1) is 16.2. The van der Waals surface area contributed by atoms with Gasteiger partial charge in [0.25, 0.3) is 0 Å². The molecule has 1 N–H and O–H groups in total. The summed E-state index contributed by atoms with van der Waals surface area (Å²) >= 11 is 0. The van der Waals surface area contributed by atoms with Gasteiger partial charge in [0, 0.05) is 36.8 Å². The van der Waals surface area contributed by atoms with Crippen LogP contribution in [0, 0.1) is 5.92 Å². The third kappa shape index (κ3) is 4.67. The molecule has 0 bridgehead atoms. The average molecular weight is 486 g/mol. The predicted octanol–water partition coefficient (Wildman–Crippen LogP) is 2.71. The zero-order valence-electron chi connectivity index (χ0n) is 19.8. The van der Waals surface area contributed by atoms with Crippen LogP contribution in [0.3, 0.4) is 0 Å². The third-order valence-corrected chi connectivity index (χ3v) is 8.50. The quantitative estimate of drug-likeness (QED) is 0.620. The monoisotopic (exact) mass is 485 g/mol. The van der Waals surface area contributed by atoms with Crippen LogP contribution in [0.15, 0.2) is 47.4 Å². The number of hydrogen-bond donors (Lipinski definition) is 1. The molecule has 0 radical (unpaired) electrons. The molecule has 1 fully saturated rings. The molecule has 1 heterocycles. The first-order valence-electron chi connectivity index (χ1n) is 11.5. The molecular formula is C25H31N3O5S. The summed E-state index contributed by atoms with van der Waals surface area (Å²) in [4.78, 5) is 27.3. The van der Waals surface area contributed by atoms with Crippen molar-refractivity contribution in [3.63, 3.8) is 0 Å². The van der Waals surface area contributed by atoms with Crippen molar-refractivity contribution >= 4 is 27.5 Å². The number of nitrogens with one attached hydrogen (secondary N) is 1. The molecule has 9 heteroatoms. The van der Waals surface area contributed by atoms with Crippen LogP contribution in [-0.4, -0.2) is 51.3 Å². The van der Waals surface area contributed by atoms with Crippen molar-refractivity contribution in [2.24, 2.45) is 5.92 Å². The Morgan fingerprint density at radius 1 is 1.18 bits per heavy atom. The fourth-order valence-corrected chi connectivity index (χ4v) is 5.70. The number of hydrogen-bond acceptors (Lipinski definition) is 5. The Hall–Kier alpha value is -2.91. The largest absolute Gasteiger partial charge is 0.496 e. The van der Waals surface area contributed by atoms with E-state index in [0.717, 1.165) is 40.4 Å². The van der Waals surface area contributed by atoms with Crippen LogP contribution in [0.4, 0.5) is 5.69 Å². The normalized spacial score (nSPS) is 17.9. The SMILES string of the molecule is COc1ccccc1CNC(=O)CN(C)S(=O)(=O)c1ccc2c(c1)CC(C)N2C(=O)C1CCC1. The number of amides is 2. The summed E-state index contributed by atoms with van der Waals surface area (Å²) in [6, 6.07) is 12.2. The molecule has 1 aliphatic heterocycles. The van der Waals surface area contributed by atoms with E-state index in [4.69, 9.17) is 4.74 Å². The Kier molecular flexibility index (Phi) is 6.95. The van der Waals surface area contributed by atoms with E-state index < -0.39 is 15.9 Å². The van der Waals surface area contributed by atoms with Crippen LogP contribution in [0.2, 0.25) is 0 Å². The molecule has 1 atom stereocenters. The zero-order chi connectivity index (χ0) is 24.5. The minimum atomic E-state index is -3.87. The average Bonchev–Trinajstić information content (AvgIpc) is 3.11. The smallest absolute Gasteiger partial charge is 0.243 e. The van der Waals surface area contributed by atoms with Crippen molar-refractivity contribution in [2.45, 2.75) is 50.1 Å². The van der Waals surface area contributed by atoms with Gasteiger partial charge in [-0.15, -0.1) is 0 Å². The maximum atomic E-state index is 13.1. The molecule has 1 aliphatic carbocycles. The molecule has 0 aromatic heterocycles. The third-order valence-electron chi connectivity index (χ3n) is 6.70. The summed E-state index contributed by atoms with van der Waals surface area (Å²) in [7, 11) is -0.927. The van der Waals surface area contributed by atoms with Gasteiger partial charge in [-0.25, -0.2) is 8.42 Å². The lowest BCUT2D eigenvalue weighted by Crippen LogP contribution is -2.42. The van der Waals surface area contributed by atoms with E-state index in [9.17, 15) is 18.0 Å². The molecule has 34 heavy (non-hydrogen) atoms. The second-order valence-electron chi connectivity index (χ2n) is 9.03. The standard InChI is InChI=1S/C25H31N3O5S/c1-17-13-20-14-21(11-12-22(20)28(17)25(30)18-8-6-9-18)34(31,32)27(2)16-24(29)26-15-19-7-4-5-10-23(19)33-3/h4-5,7,10-12,14,17-18H,6,8-9,13,15-16H2,1-3H3,(H,26,29). The molecule has 1 saturated carbocycles. The Labute approximate surface area is 200 Å². The maximum Gasteiger partial charge on any atom is 0.243 e. The van der Waals surface area contributed by atoms with E-state index in [1.165, 1.54) is 13.1 Å². The molecular weight excluding hydrogens is 454 g/mol. The summed E-state index contributed by atoms with van der Waals surface area (Å²) in [5.41, 5.74) is 2.44. The van der Waals surface area contributed by atoms with Gasteiger partial charge in [0.05, 0.1) is 18.6 Å². The number of methoxy groups -OCH3 is 1. The number of carbonyl (C=O) groups is 2. The lowest BCUT2D eigenvalue weighted by molar-refractivity contribution is -0.125. The first-order valence-corrected chi connectivity index (χ1v) is 13.0. The van der Waals surface area contributed by atoms with Gasteiger partial charge in [0.2, 0.25) is 21.8 Å². The van der Waals surface area contributed by atoms with Crippen LogP contribution in [0.1, 0.15) is 37.3 Å². The van der Waals surface area contributed by atoms with E-state index in [1.54, 1.807) is 25.3 Å². The van der Waals surface area contributed by atoms with E-state index >= 15 is 0 Å². The predicted molar refractivity (Wildman–Crippen MR) is 129 cm³/mol. The minimum Gasteiger partial charge on any atom is -0.496 e. The lowest BCUT2D eigenvalue weighted by Gasteiger charge is -2.32. The van der Waals surface area contributed by atoms with Crippen LogP contribution >= 0.6 is 0 Å². The Balaban J connectivity index is 1.43. The van der Waals surface area contributed by atoms with Crippen molar-refractivity contribution in [3.8, 4) is 5.75 Å². The highest BCUT2D eigenvalue weighted by atomic mass is 32.2. The Morgan fingerprint density at radius 2 is 1.91 bits per heavy atom. The van der Waals surface area contributed by atoms with Gasteiger partial charge in [-0.3, -0.25) is 9.59 Å². The molecule has 4 rings (SSSR count).